The second kappa shape index (κ2) is 8.00. The Morgan fingerprint density at radius 1 is 1.20 bits per heavy atom. The lowest BCUT2D eigenvalue weighted by molar-refractivity contribution is 0.414. The summed E-state index contributed by atoms with van der Waals surface area (Å²) in [7, 11) is 1.66. The largest absolute Gasteiger partial charge is 0.497 e. The molecule has 0 saturated carbocycles. The van der Waals surface area contributed by atoms with Crippen molar-refractivity contribution in [3.05, 3.63) is 53.8 Å². The number of hydrogen-bond donors (Lipinski definition) is 0. The van der Waals surface area contributed by atoms with Crippen molar-refractivity contribution in [2.45, 2.75) is 12.8 Å². The second-order valence-corrected chi connectivity index (χ2v) is 6.60. The van der Waals surface area contributed by atoms with Gasteiger partial charge < -0.3 is 9.64 Å². The van der Waals surface area contributed by atoms with E-state index < -0.39 is 0 Å². The van der Waals surface area contributed by atoms with Crippen molar-refractivity contribution in [3.8, 4) is 18.1 Å². The number of anilines is 1. The van der Waals surface area contributed by atoms with Gasteiger partial charge in [0, 0.05) is 19.5 Å². The van der Waals surface area contributed by atoms with Crippen molar-refractivity contribution in [3.63, 3.8) is 0 Å². The summed E-state index contributed by atoms with van der Waals surface area (Å²) in [5, 5.41) is 0.809. The number of aromatic nitrogens is 1. The first-order valence-electron chi connectivity index (χ1n) is 8.07. The lowest BCUT2D eigenvalue weighted by atomic mass is 10.1. The van der Waals surface area contributed by atoms with Gasteiger partial charge in [0.05, 0.1) is 17.3 Å². The van der Waals surface area contributed by atoms with E-state index in [9.17, 15) is 4.39 Å². The van der Waals surface area contributed by atoms with E-state index in [0.717, 1.165) is 23.8 Å². The van der Waals surface area contributed by atoms with Crippen LogP contribution in [0.1, 0.15) is 12.0 Å². The molecule has 5 heteroatoms. The number of methoxy groups -OCH3 is 1. The highest BCUT2D eigenvalue weighted by Crippen LogP contribution is 2.31. The highest BCUT2D eigenvalue weighted by molar-refractivity contribution is 7.22. The van der Waals surface area contributed by atoms with Gasteiger partial charge in [-0.2, -0.15) is 0 Å². The third-order valence-electron chi connectivity index (χ3n) is 3.98. The summed E-state index contributed by atoms with van der Waals surface area (Å²) in [6, 6.07) is 13.0. The summed E-state index contributed by atoms with van der Waals surface area (Å²) < 4.78 is 19.7. The van der Waals surface area contributed by atoms with Gasteiger partial charge in [-0.3, -0.25) is 0 Å². The average Bonchev–Trinajstić information content (AvgIpc) is 3.08. The Bertz CT molecular complexity index is 883. The Morgan fingerprint density at radius 3 is 2.68 bits per heavy atom. The first-order chi connectivity index (χ1) is 12.2. The summed E-state index contributed by atoms with van der Waals surface area (Å²) in [5.41, 5.74) is 1.90. The average molecular weight is 354 g/mol. The molecule has 128 valence electrons. The minimum atomic E-state index is -0.228. The van der Waals surface area contributed by atoms with Gasteiger partial charge in [0.25, 0.3) is 0 Å². The number of rotatable bonds is 7. The fourth-order valence-corrected chi connectivity index (χ4v) is 3.62. The first-order valence-corrected chi connectivity index (χ1v) is 8.89. The molecule has 3 aromatic rings. The molecular weight excluding hydrogens is 335 g/mol. The van der Waals surface area contributed by atoms with Crippen LogP contribution in [-0.4, -0.2) is 25.2 Å². The number of ether oxygens (including phenoxy) is 1. The standard InChI is InChI=1S/C20H19FN2OS/c1-3-4-13-23(14-12-15-8-10-16(24-2)11-9-15)20-22-18-7-5-6-17(21)19(18)25-20/h1,5-11H,4,12-14H2,2H3. The van der Waals surface area contributed by atoms with E-state index in [1.54, 1.807) is 13.2 Å². The maximum atomic E-state index is 13.9. The molecule has 0 aliphatic rings. The molecule has 0 atom stereocenters. The number of fused-ring (bicyclic) bond motifs is 1. The van der Waals surface area contributed by atoms with Crippen molar-refractivity contribution in [2.24, 2.45) is 0 Å². The monoisotopic (exact) mass is 354 g/mol. The molecule has 0 amide bonds. The van der Waals surface area contributed by atoms with Crippen molar-refractivity contribution < 1.29 is 9.13 Å². The van der Waals surface area contributed by atoms with Gasteiger partial charge in [0.15, 0.2) is 5.13 Å². The third-order valence-corrected chi connectivity index (χ3v) is 5.12. The van der Waals surface area contributed by atoms with Crippen LogP contribution in [0.5, 0.6) is 5.75 Å². The molecular formula is C20H19FN2OS. The smallest absolute Gasteiger partial charge is 0.186 e. The van der Waals surface area contributed by atoms with Crippen LogP contribution in [0.2, 0.25) is 0 Å². The lowest BCUT2D eigenvalue weighted by Gasteiger charge is -2.20. The van der Waals surface area contributed by atoms with E-state index in [1.807, 2.05) is 18.2 Å². The van der Waals surface area contributed by atoms with E-state index in [-0.39, 0.29) is 5.82 Å². The van der Waals surface area contributed by atoms with Gasteiger partial charge >= 0.3 is 0 Å². The van der Waals surface area contributed by atoms with E-state index in [4.69, 9.17) is 11.2 Å². The van der Waals surface area contributed by atoms with E-state index in [2.05, 4.69) is 27.9 Å². The third kappa shape index (κ3) is 4.09. The van der Waals surface area contributed by atoms with Crippen LogP contribution in [0.15, 0.2) is 42.5 Å². The Morgan fingerprint density at radius 2 is 2.00 bits per heavy atom. The number of hydrogen-bond acceptors (Lipinski definition) is 4. The maximum Gasteiger partial charge on any atom is 0.186 e. The minimum absolute atomic E-state index is 0.228. The number of thiazole rings is 1. The molecule has 25 heavy (non-hydrogen) atoms. The molecule has 1 heterocycles. The first kappa shape index (κ1) is 17.2. The van der Waals surface area contributed by atoms with Crippen molar-refractivity contribution in [1.82, 2.24) is 4.98 Å². The molecule has 3 nitrogen and oxygen atoms in total. The predicted octanol–water partition coefficient (Wildman–Crippen LogP) is 4.52. The van der Waals surface area contributed by atoms with Crippen molar-refractivity contribution in [1.29, 1.82) is 0 Å². The van der Waals surface area contributed by atoms with Gasteiger partial charge in [0.1, 0.15) is 11.6 Å². The fourth-order valence-electron chi connectivity index (χ4n) is 2.60. The van der Waals surface area contributed by atoms with Crippen LogP contribution >= 0.6 is 11.3 Å². The fraction of sp³-hybridized carbons (Fsp3) is 0.250. The Kier molecular flexibility index (Phi) is 5.52. The molecule has 0 unspecified atom stereocenters. The molecule has 0 N–H and O–H groups in total. The van der Waals surface area contributed by atoms with Gasteiger partial charge in [0.2, 0.25) is 0 Å². The van der Waals surface area contributed by atoms with Crippen molar-refractivity contribution >= 4 is 26.7 Å². The maximum absolute atomic E-state index is 13.9. The molecule has 0 spiro atoms. The van der Waals surface area contributed by atoms with Crippen molar-refractivity contribution in [2.75, 3.05) is 25.1 Å². The summed E-state index contributed by atoms with van der Waals surface area (Å²) in [6.45, 7) is 1.48. The SMILES string of the molecule is C#CCCN(CCc1ccc(OC)cc1)c1nc2cccc(F)c2s1. The number of halogens is 1. The quantitative estimate of drug-likeness (QED) is 0.584. The zero-order valence-electron chi connectivity index (χ0n) is 14.0. The van der Waals surface area contributed by atoms with Crippen LogP contribution in [-0.2, 0) is 6.42 Å². The highest BCUT2D eigenvalue weighted by atomic mass is 32.1. The highest BCUT2D eigenvalue weighted by Gasteiger charge is 2.14. The summed E-state index contributed by atoms with van der Waals surface area (Å²) in [5.74, 6) is 3.28. The minimum Gasteiger partial charge on any atom is -0.497 e. The molecule has 1 aromatic heterocycles. The Hall–Kier alpha value is -2.58. The van der Waals surface area contributed by atoms with Gasteiger partial charge in [-0.05, 0) is 36.2 Å². The molecule has 0 saturated heterocycles. The summed E-state index contributed by atoms with van der Waals surface area (Å²) >= 11 is 1.37. The molecule has 3 rings (SSSR count). The Labute approximate surface area is 151 Å². The van der Waals surface area contributed by atoms with Gasteiger partial charge in [-0.15, -0.1) is 12.3 Å². The van der Waals surface area contributed by atoms with Crippen LogP contribution in [0, 0.1) is 18.2 Å². The molecule has 0 bridgehead atoms. The zero-order chi connectivity index (χ0) is 17.6. The molecule has 0 aliphatic heterocycles. The van der Waals surface area contributed by atoms with Crippen LogP contribution in [0.3, 0.4) is 0 Å². The van der Waals surface area contributed by atoms with Crippen LogP contribution < -0.4 is 9.64 Å². The van der Waals surface area contributed by atoms with E-state index in [1.165, 1.54) is 23.0 Å². The van der Waals surface area contributed by atoms with Crippen LogP contribution in [0.25, 0.3) is 10.2 Å². The zero-order valence-corrected chi connectivity index (χ0v) is 14.9. The lowest BCUT2D eigenvalue weighted by Crippen LogP contribution is -2.26. The van der Waals surface area contributed by atoms with Gasteiger partial charge in [-0.1, -0.05) is 29.5 Å². The second-order valence-electron chi connectivity index (χ2n) is 5.62. The van der Waals surface area contributed by atoms with Crippen LogP contribution in [0.4, 0.5) is 9.52 Å². The number of benzene rings is 2. The topological polar surface area (TPSA) is 25.4 Å². The van der Waals surface area contributed by atoms with E-state index >= 15 is 0 Å². The number of terminal acetylenes is 1. The summed E-state index contributed by atoms with van der Waals surface area (Å²) in [6.07, 6.45) is 6.91. The predicted molar refractivity (Wildman–Crippen MR) is 102 cm³/mol. The van der Waals surface area contributed by atoms with E-state index in [0.29, 0.717) is 23.2 Å². The summed E-state index contributed by atoms with van der Waals surface area (Å²) in [4.78, 5) is 6.72. The van der Waals surface area contributed by atoms with Gasteiger partial charge in [-0.25, -0.2) is 9.37 Å². The molecule has 2 aromatic carbocycles. The molecule has 0 aliphatic carbocycles. The Balaban J connectivity index is 1.78. The normalized spacial score (nSPS) is 10.6. The number of nitrogens with zero attached hydrogens (tertiary/aromatic N) is 2. The molecule has 0 fully saturated rings. The molecule has 0 radical (unpaired) electrons.